The zero-order chi connectivity index (χ0) is 12.9. The minimum atomic E-state index is -0.522. The average molecular weight is 248 g/mol. The van der Waals surface area contributed by atoms with Crippen LogP contribution in [0.1, 0.15) is 39.0 Å². The number of hydrogen-bond acceptors (Lipinski definition) is 2. The van der Waals surface area contributed by atoms with Gasteiger partial charge >= 0.3 is 0 Å². The van der Waals surface area contributed by atoms with Crippen LogP contribution in [0, 0.1) is 5.92 Å². The Hall–Kier alpha value is -1.32. The van der Waals surface area contributed by atoms with Gasteiger partial charge in [0.25, 0.3) is 0 Å². The van der Waals surface area contributed by atoms with E-state index in [1.807, 2.05) is 0 Å². The van der Waals surface area contributed by atoms with Crippen molar-refractivity contribution in [3.63, 3.8) is 0 Å². The lowest BCUT2D eigenvalue weighted by Gasteiger charge is -2.32. The molecule has 2 unspecified atom stereocenters. The maximum absolute atomic E-state index is 12.4. The van der Waals surface area contributed by atoms with Gasteiger partial charge in [-0.15, -0.1) is 0 Å². The fourth-order valence-electron chi connectivity index (χ4n) is 3.25. The Morgan fingerprint density at radius 1 is 1.33 bits per heavy atom. The molecule has 1 heterocycles. The first-order valence-corrected chi connectivity index (χ1v) is 6.84. The predicted molar refractivity (Wildman–Crippen MR) is 67.8 cm³/mol. The summed E-state index contributed by atoms with van der Waals surface area (Å²) < 4.78 is 0. The Morgan fingerprint density at radius 3 is 2.56 bits per heavy atom. The van der Waals surface area contributed by atoms with Crippen molar-refractivity contribution in [1.29, 1.82) is 0 Å². The molecule has 18 heavy (non-hydrogen) atoms. The summed E-state index contributed by atoms with van der Waals surface area (Å²) >= 11 is 0. The molecule has 3 fully saturated rings. The van der Waals surface area contributed by atoms with Crippen molar-refractivity contribution in [1.82, 2.24) is 10.2 Å². The molecule has 3 aliphatic rings. The maximum Gasteiger partial charge on any atom is 0.249 e. The fraction of sp³-hybridized carbons (Fsp3) is 0.714. The lowest BCUT2D eigenvalue weighted by atomic mass is 9.92. The van der Waals surface area contributed by atoms with Gasteiger partial charge in [0.15, 0.2) is 0 Å². The van der Waals surface area contributed by atoms with E-state index in [1.54, 1.807) is 11.8 Å². The minimum Gasteiger partial charge on any atom is -0.351 e. The van der Waals surface area contributed by atoms with Crippen molar-refractivity contribution in [2.24, 2.45) is 5.92 Å². The lowest BCUT2D eigenvalue weighted by molar-refractivity contribution is -0.138. The summed E-state index contributed by atoms with van der Waals surface area (Å²) in [5.41, 5.74) is 0.00407. The van der Waals surface area contributed by atoms with Crippen molar-refractivity contribution < 1.29 is 9.59 Å². The molecule has 0 aromatic rings. The van der Waals surface area contributed by atoms with Crippen LogP contribution in [-0.2, 0) is 9.59 Å². The highest BCUT2D eigenvalue weighted by Gasteiger charge is 2.68. The SMILES string of the molecule is C=C(C)C(=O)N1CCC2CC21C(=O)NC1CCC1. The summed E-state index contributed by atoms with van der Waals surface area (Å²) in [6.45, 7) is 6.13. The van der Waals surface area contributed by atoms with Crippen molar-refractivity contribution in [2.75, 3.05) is 6.54 Å². The van der Waals surface area contributed by atoms with E-state index in [0.29, 0.717) is 24.1 Å². The van der Waals surface area contributed by atoms with Gasteiger partial charge in [0.2, 0.25) is 11.8 Å². The molecule has 2 saturated carbocycles. The van der Waals surface area contributed by atoms with Gasteiger partial charge in [-0.25, -0.2) is 0 Å². The summed E-state index contributed by atoms with van der Waals surface area (Å²) in [6, 6.07) is 0.343. The van der Waals surface area contributed by atoms with Crippen LogP contribution in [0.15, 0.2) is 12.2 Å². The van der Waals surface area contributed by atoms with Gasteiger partial charge in [-0.05, 0) is 44.9 Å². The summed E-state index contributed by atoms with van der Waals surface area (Å²) in [4.78, 5) is 26.3. The third kappa shape index (κ3) is 1.51. The predicted octanol–water partition coefficient (Wildman–Crippen LogP) is 1.22. The van der Waals surface area contributed by atoms with E-state index in [-0.39, 0.29) is 11.8 Å². The van der Waals surface area contributed by atoms with Gasteiger partial charge in [0.05, 0.1) is 0 Å². The second kappa shape index (κ2) is 3.84. The molecule has 0 spiro atoms. The molecule has 1 N–H and O–H groups in total. The molecular formula is C14H20N2O2. The molecule has 2 atom stereocenters. The third-order valence-corrected chi connectivity index (χ3v) is 4.70. The van der Waals surface area contributed by atoms with E-state index in [9.17, 15) is 9.59 Å². The first-order valence-electron chi connectivity index (χ1n) is 6.84. The number of nitrogens with one attached hydrogen (secondary N) is 1. The standard InChI is InChI=1S/C14H20N2O2/c1-9(2)12(17)16-7-6-10-8-14(10,16)13(18)15-11-4-3-5-11/h10-11H,1,3-8H2,2H3,(H,15,18). The van der Waals surface area contributed by atoms with E-state index in [2.05, 4.69) is 11.9 Å². The number of rotatable bonds is 3. The van der Waals surface area contributed by atoms with Crippen LogP contribution in [0.4, 0.5) is 0 Å². The second-order valence-electron chi connectivity index (χ2n) is 5.95. The van der Waals surface area contributed by atoms with Crippen LogP contribution >= 0.6 is 0 Å². The Bertz CT molecular complexity index is 428. The Kier molecular flexibility index (Phi) is 2.50. The molecule has 2 amide bonds. The highest BCUT2D eigenvalue weighted by Crippen LogP contribution is 2.56. The highest BCUT2D eigenvalue weighted by atomic mass is 16.2. The van der Waals surface area contributed by atoms with Crippen LogP contribution in [0.5, 0.6) is 0 Å². The quantitative estimate of drug-likeness (QED) is 0.763. The van der Waals surface area contributed by atoms with Gasteiger partial charge in [-0.2, -0.15) is 0 Å². The summed E-state index contributed by atoms with van der Waals surface area (Å²) in [5, 5.41) is 3.10. The van der Waals surface area contributed by atoms with Crippen molar-refractivity contribution in [2.45, 2.75) is 50.6 Å². The molecule has 4 nitrogen and oxygen atoms in total. The second-order valence-corrected chi connectivity index (χ2v) is 5.95. The molecule has 1 saturated heterocycles. The number of carbonyl (C=O) groups is 2. The molecule has 1 aliphatic heterocycles. The zero-order valence-electron chi connectivity index (χ0n) is 10.9. The van der Waals surface area contributed by atoms with Gasteiger partial charge < -0.3 is 10.2 Å². The largest absolute Gasteiger partial charge is 0.351 e. The smallest absolute Gasteiger partial charge is 0.249 e. The van der Waals surface area contributed by atoms with E-state index in [0.717, 1.165) is 25.7 Å². The zero-order valence-corrected chi connectivity index (χ0v) is 10.9. The number of likely N-dealkylation sites (tertiary alicyclic amines) is 1. The molecule has 2 aliphatic carbocycles. The lowest BCUT2D eigenvalue weighted by Crippen LogP contribution is -2.54. The first-order chi connectivity index (χ1) is 8.55. The molecule has 0 aromatic heterocycles. The molecule has 0 bridgehead atoms. The van der Waals surface area contributed by atoms with E-state index < -0.39 is 5.54 Å². The number of nitrogens with zero attached hydrogens (tertiary/aromatic N) is 1. The highest BCUT2D eigenvalue weighted by molar-refractivity contribution is 6.00. The maximum atomic E-state index is 12.4. The molecule has 98 valence electrons. The van der Waals surface area contributed by atoms with Gasteiger partial charge in [-0.1, -0.05) is 6.58 Å². The van der Waals surface area contributed by atoms with Crippen LogP contribution in [-0.4, -0.2) is 34.8 Å². The van der Waals surface area contributed by atoms with Crippen LogP contribution in [0.25, 0.3) is 0 Å². The average Bonchev–Trinajstić information content (AvgIpc) is 2.90. The summed E-state index contributed by atoms with van der Waals surface area (Å²) in [6.07, 6.45) is 5.17. The van der Waals surface area contributed by atoms with Crippen LogP contribution in [0.2, 0.25) is 0 Å². The number of piperidine rings is 1. The van der Waals surface area contributed by atoms with Gasteiger partial charge in [0, 0.05) is 18.2 Å². The van der Waals surface area contributed by atoms with E-state index in [4.69, 9.17) is 0 Å². The van der Waals surface area contributed by atoms with Gasteiger partial charge in [-0.3, -0.25) is 9.59 Å². The van der Waals surface area contributed by atoms with Crippen LogP contribution < -0.4 is 5.32 Å². The minimum absolute atomic E-state index is 0.0567. The summed E-state index contributed by atoms with van der Waals surface area (Å²) in [5.74, 6) is 0.393. The molecular weight excluding hydrogens is 228 g/mol. The molecule has 0 aromatic carbocycles. The first kappa shape index (κ1) is 11.8. The van der Waals surface area contributed by atoms with Crippen molar-refractivity contribution >= 4 is 11.8 Å². The Morgan fingerprint density at radius 2 is 2.06 bits per heavy atom. The number of hydrogen-bond donors (Lipinski definition) is 1. The molecule has 0 radical (unpaired) electrons. The van der Waals surface area contributed by atoms with Crippen LogP contribution in [0.3, 0.4) is 0 Å². The van der Waals surface area contributed by atoms with Gasteiger partial charge in [0.1, 0.15) is 5.54 Å². The normalized spacial score (nSPS) is 33.6. The molecule has 4 heteroatoms. The fourth-order valence-corrected chi connectivity index (χ4v) is 3.25. The van der Waals surface area contributed by atoms with E-state index in [1.165, 1.54) is 6.42 Å². The Labute approximate surface area is 107 Å². The van der Waals surface area contributed by atoms with Crippen molar-refractivity contribution in [3.8, 4) is 0 Å². The van der Waals surface area contributed by atoms with E-state index >= 15 is 0 Å². The topological polar surface area (TPSA) is 49.4 Å². The molecule has 3 rings (SSSR count). The monoisotopic (exact) mass is 248 g/mol. The number of amides is 2. The van der Waals surface area contributed by atoms with Crippen molar-refractivity contribution in [3.05, 3.63) is 12.2 Å². The number of fused-ring (bicyclic) bond motifs is 1. The number of carbonyl (C=O) groups excluding carboxylic acids is 2. The summed E-state index contributed by atoms with van der Waals surface area (Å²) in [7, 11) is 0. The third-order valence-electron chi connectivity index (χ3n) is 4.70. The Balaban J connectivity index is 1.74.